The minimum Gasteiger partial charge on any atom is -0.451 e. The van der Waals surface area contributed by atoms with Crippen molar-refractivity contribution < 1.29 is 14.3 Å². The highest BCUT2D eigenvalue weighted by Crippen LogP contribution is 2.24. The number of hydrogen-bond acceptors (Lipinski definition) is 3. The number of carbonyl (C=O) groups excluding carboxylic acids is 2. The molecule has 0 radical (unpaired) electrons. The molecule has 0 amide bonds. The van der Waals surface area contributed by atoms with Gasteiger partial charge in [-0.2, -0.15) is 0 Å². The monoisotopic (exact) mass is 274 g/mol. The summed E-state index contributed by atoms with van der Waals surface area (Å²) < 4.78 is 4.96. The van der Waals surface area contributed by atoms with E-state index in [-0.39, 0.29) is 5.78 Å². The first kappa shape index (κ1) is 14.0. The molecule has 0 saturated carbocycles. The quantitative estimate of drug-likeness (QED) is 0.626. The molecule has 3 nitrogen and oxygen atoms in total. The number of halogens is 2. The van der Waals surface area contributed by atoms with E-state index in [0.29, 0.717) is 15.6 Å². The lowest BCUT2D eigenvalue weighted by molar-refractivity contribution is -0.149. The minimum atomic E-state index is -1.24. The lowest BCUT2D eigenvalue weighted by atomic mass is 9.96. The smallest absolute Gasteiger partial charge is 0.303 e. The second kappa shape index (κ2) is 5.07. The molecule has 0 atom stereocenters. The number of hydrogen-bond donors (Lipinski definition) is 0. The largest absolute Gasteiger partial charge is 0.451 e. The summed E-state index contributed by atoms with van der Waals surface area (Å²) in [6, 6.07) is 4.50. The maximum absolute atomic E-state index is 12.1. The topological polar surface area (TPSA) is 43.4 Å². The van der Waals surface area contributed by atoms with E-state index < -0.39 is 11.6 Å². The van der Waals surface area contributed by atoms with Gasteiger partial charge in [0.25, 0.3) is 0 Å². The molecule has 0 spiro atoms. The number of Topliss-reactive ketones (excluding diaryl/α,β-unsaturated/α-hetero) is 1. The number of ether oxygens (including phenoxy) is 1. The van der Waals surface area contributed by atoms with Crippen LogP contribution in [0.2, 0.25) is 10.0 Å². The zero-order chi connectivity index (χ0) is 13.2. The van der Waals surface area contributed by atoms with Crippen molar-refractivity contribution in [3.63, 3.8) is 0 Å². The zero-order valence-corrected chi connectivity index (χ0v) is 11.2. The molecule has 0 saturated heterocycles. The fraction of sp³-hybridized carbons (Fsp3) is 0.333. The van der Waals surface area contributed by atoms with Crippen LogP contribution < -0.4 is 0 Å². The van der Waals surface area contributed by atoms with Gasteiger partial charge in [0.1, 0.15) is 0 Å². The molecule has 0 aliphatic heterocycles. The van der Waals surface area contributed by atoms with Crippen molar-refractivity contribution in [1.82, 2.24) is 0 Å². The van der Waals surface area contributed by atoms with Gasteiger partial charge < -0.3 is 4.74 Å². The van der Waals surface area contributed by atoms with Gasteiger partial charge in [0, 0.05) is 22.5 Å². The van der Waals surface area contributed by atoms with E-state index in [1.807, 2.05) is 0 Å². The van der Waals surface area contributed by atoms with Crippen molar-refractivity contribution in [2.45, 2.75) is 26.4 Å². The molecule has 0 unspecified atom stereocenters. The zero-order valence-electron chi connectivity index (χ0n) is 9.71. The van der Waals surface area contributed by atoms with Gasteiger partial charge in [-0.25, -0.2) is 0 Å². The minimum absolute atomic E-state index is 0.314. The number of ketones is 1. The van der Waals surface area contributed by atoms with E-state index in [1.54, 1.807) is 0 Å². The van der Waals surface area contributed by atoms with Crippen molar-refractivity contribution in [1.29, 1.82) is 0 Å². The molecule has 0 N–H and O–H groups in total. The summed E-state index contributed by atoms with van der Waals surface area (Å²) in [5, 5.41) is 0.721. The first-order valence-electron chi connectivity index (χ1n) is 4.93. The number of esters is 1. The van der Waals surface area contributed by atoms with Crippen LogP contribution in [0, 0.1) is 0 Å². The van der Waals surface area contributed by atoms with Gasteiger partial charge in [0.15, 0.2) is 5.60 Å². The Balaban J connectivity index is 3.07. The molecule has 1 aromatic rings. The fourth-order valence-electron chi connectivity index (χ4n) is 1.44. The van der Waals surface area contributed by atoms with Crippen LogP contribution in [0.3, 0.4) is 0 Å². The van der Waals surface area contributed by atoms with Gasteiger partial charge in [-0.3, -0.25) is 9.59 Å². The molecule has 0 heterocycles. The molecule has 0 fully saturated rings. The Morgan fingerprint density at radius 3 is 2.00 bits per heavy atom. The van der Waals surface area contributed by atoms with Crippen LogP contribution in [0.15, 0.2) is 18.2 Å². The molecule has 1 aromatic carbocycles. The molecule has 5 heteroatoms. The van der Waals surface area contributed by atoms with Crippen LogP contribution in [-0.2, 0) is 9.53 Å². The number of carbonyl (C=O) groups is 2. The third kappa shape index (κ3) is 3.72. The Hall–Kier alpha value is -1.06. The summed E-state index contributed by atoms with van der Waals surface area (Å²) in [5.41, 5.74) is -0.923. The first-order chi connectivity index (χ1) is 7.72. The maximum Gasteiger partial charge on any atom is 0.303 e. The van der Waals surface area contributed by atoms with Gasteiger partial charge in [0.05, 0.1) is 0 Å². The Kier molecular flexibility index (Phi) is 4.17. The van der Waals surface area contributed by atoms with Crippen molar-refractivity contribution in [2.75, 3.05) is 0 Å². The summed E-state index contributed by atoms with van der Waals surface area (Å²) >= 11 is 11.6. The Bertz CT molecular complexity index is 447. The Morgan fingerprint density at radius 1 is 1.12 bits per heavy atom. The van der Waals surface area contributed by atoms with Crippen LogP contribution in [-0.4, -0.2) is 17.4 Å². The van der Waals surface area contributed by atoms with Gasteiger partial charge in [0.2, 0.25) is 5.78 Å². The van der Waals surface area contributed by atoms with E-state index in [1.165, 1.54) is 39.0 Å². The van der Waals surface area contributed by atoms with Crippen LogP contribution in [0.1, 0.15) is 31.1 Å². The Morgan fingerprint density at radius 2 is 1.59 bits per heavy atom. The average molecular weight is 275 g/mol. The molecular formula is C12H12Cl2O3. The average Bonchev–Trinajstić information content (AvgIpc) is 2.12. The normalized spacial score (nSPS) is 11.1. The SMILES string of the molecule is CC(=O)OC(C)(C)C(=O)c1cc(Cl)cc(Cl)c1. The lowest BCUT2D eigenvalue weighted by Gasteiger charge is -2.22. The molecule has 0 aliphatic carbocycles. The first-order valence-corrected chi connectivity index (χ1v) is 5.68. The predicted octanol–water partition coefficient (Wildman–Crippen LogP) is 3.52. The maximum atomic E-state index is 12.1. The van der Waals surface area contributed by atoms with E-state index >= 15 is 0 Å². The molecule has 17 heavy (non-hydrogen) atoms. The second-order valence-corrected chi connectivity index (χ2v) is 4.96. The summed E-state index contributed by atoms with van der Waals surface area (Å²) in [6.45, 7) is 4.29. The predicted molar refractivity (Wildman–Crippen MR) is 66.6 cm³/mol. The second-order valence-electron chi connectivity index (χ2n) is 4.09. The van der Waals surface area contributed by atoms with Crippen molar-refractivity contribution in [3.8, 4) is 0 Å². The van der Waals surface area contributed by atoms with E-state index in [9.17, 15) is 9.59 Å². The highest BCUT2D eigenvalue weighted by Gasteiger charge is 2.32. The fourth-order valence-corrected chi connectivity index (χ4v) is 1.96. The molecule has 92 valence electrons. The number of rotatable bonds is 3. The number of benzene rings is 1. The van der Waals surface area contributed by atoms with Gasteiger partial charge in [-0.1, -0.05) is 23.2 Å². The third-order valence-corrected chi connectivity index (χ3v) is 2.51. The highest BCUT2D eigenvalue weighted by atomic mass is 35.5. The van der Waals surface area contributed by atoms with Gasteiger partial charge in [-0.15, -0.1) is 0 Å². The Labute approximate surface area is 110 Å². The highest BCUT2D eigenvalue weighted by molar-refractivity contribution is 6.35. The van der Waals surface area contributed by atoms with Crippen LogP contribution in [0.25, 0.3) is 0 Å². The van der Waals surface area contributed by atoms with Crippen molar-refractivity contribution in [3.05, 3.63) is 33.8 Å². The summed E-state index contributed by atoms with van der Waals surface area (Å²) in [7, 11) is 0. The molecule has 1 rings (SSSR count). The van der Waals surface area contributed by atoms with Crippen molar-refractivity contribution >= 4 is 35.0 Å². The van der Waals surface area contributed by atoms with E-state index in [4.69, 9.17) is 27.9 Å². The summed E-state index contributed by atoms with van der Waals surface area (Å²) in [6.07, 6.45) is 0. The lowest BCUT2D eigenvalue weighted by Crippen LogP contribution is -2.36. The van der Waals surface area contributed by atoms with Crippen molar-refractivity contribution in [2.24, 2.45) is 0 Å². The van der Waals surface area contributed by atoms with Gasteiger partial charge >= 0.3 is 5.97 Å². The standard InChI is InChI=1S/C12H12Cl2O3/c1-7(15)17-12(2,3)11(16)8-4-9(13)6-10(14)5-8/h4-6H,1-3H3. The van der Waals surface area contributed by atoms with E-state index in [0.717, 1.165) is 0 Å². The van der Waals surface area contributed by atoms with Gasteiger partial charge in [-0.05, 0) is 32.0 Å². The molecule has 0 aromatic heterocycles. The third-order valence-electron chi connectivity index (χ3n) is 2.07. The van der Waals surface area contributed by atoms with E-state index in [2.05, 4.69) is 0 Å². The summed E-state index contributed by atoms with van der Waals surface area (Å²) in [5.74, 6) is -0.867. The molecular weight excluding hydrogens is 263 g/mol. The molecule has 0 bridgehead atoms. The molecule has 0 aliphatic rings. The summed E-state index contributed by atoms with van der Waals surface area (Å²) in [4.78, 5) is 23.0. The van der Waals surface area contributed by atoms with Crippen LogP contribution >= 0.6 is 23.2 Å². The van der Waals surface area contributed by atoms with Crippen LogP contribution in [0.5, 0.6) is 0 Å². The van der Waals surface area contributed by atoms with Crippen LogP contribution in [0.4, 0.5) is 0 Å².